The molecule has 0 aromatic heterocycles. The molecular formula is C47H71NO16P2. The van der Waals surface area contributed by atoms with E-state index in [4.69, 9.17) is 36.8 Å². The molecule has 0 bridgehead atoms. The van der Waals surface area contributed by atoms with E-state index >= 15 is 0 Å². The summed E-state index contributed by atoms with van der Waals surface area (Å²) in [4.78, 5) is 22.8. The number of nitrogens with one attached hydrogen (secondary N) is 1. The highest BCUT2D eigenvalue weighted by atomic mass is 31.2. The Hall–Kier alpha value is -3.09. The quantitative estimate of drug-likeness (QED) is 0.0246. The molecule has 1 aliphatic rings. The monoisotopic (exact) mass is 967 g/mol. The van der Waals surface area contributed by atoms with Crippen LogP contribution in [0.5, 0.6) is 0 Å². The Morgan fingerprint density at radius 2 is 1.06 bits per heavy atom. The zero-order valence-corrected chi connectivity index (χ0v) is 39.8. The smallest absolute Gasteiger partial charge is 0.445 e. The van der Waals surface area contributed by atoms with Gasteiger partial charge < -0.3 is 44.8 Å². The van der Waals surface area contributed by atoms with Crippen molar-refractivity contribution in [3.05, 3.63) is 108 Å². The number of benzene rings is 3. The van der Waals surface area contributed by atoms with E-state index in [9.17, 15) is 39.2 Å². The third-order valence-electron chi connectivity index (χ3n) is 10.8. The molecule has 1 aliphatic carbocycles. The minimum atomic E-state index is -5.13. The molecule has 3 aromatic rings. The van der Waals surface area contributed by atoms with Crippen LogP contribution in [0.1, 0.15) is 101 Å². The van der Waals surface area contributed by atoms with Crippen LogP contribution in [0.2, 0.25) is 0 Å². The molecule has 370 valence electrons. The number of amides is 1. The van der Waals surface area contributed by atoms with Crippen LogP contribution in [-0.4, -0.2) is 107 Å². The van der Waals surface area contributed by atoms with Gasteiger partial charge in [-0.3, -0.25) is 22.6 Å². The van der Waals surface area contributed by atoms with Gasteiger partial charge in [0.05, 0.1) is 26.4 Å². The van der Waals surface area contributed by atoms with Crippen molar-refractivity contribution < 1.29 is 76.1 Å². The SMILES string of the molecule is CCCCCCCCO[C@H](COCCCCCCCCNC(=O)OCc1ccccc1)COP(=O)(O)O[C@@H]1[C@H](O)[C@H](OP(=O)(OCc2ccccc2)OCc2ccccc2)[C@@H](O)[C@H](O)[C@H]1O. The molecule has 4 rings (SSSR count). The van der Waals surface area contributed by atoms with Gasteiger partial charge in [0.1, 0.15) is 49.3 Å². The van der Waals surface area contributed by atoms with Gasteiger partial charge >= 0.3 is 21.7 Å². The van der Waals surface area contributed by atoms with E-state index < -0.39 is 71.1 Å². The molecule has 1 saturated carbocycles. The summed E-state index contributed by atoms with van der Waals surface area (Å²) in [7, 11) is -9.81. The number of ether oxygens (including phenoxy) is 3. The fourth-order valence-corrected chi connectivity index (χ4v) is 9.32. The van der Waals surface area contributed by atoms with Gasteiger partial charge in [-0.1, -0.05) is 156 Å². The largest absolute Gasteiger partial charge is 0.475 e. The molecule has 3 aromatic carbocycles. The molecule has 1 unspecified atom stereocenters. The molecule has 0 heterocycles. The number of rotatable bonds is 34. The summed E-state index contributed by atoms with van der Waals surface area (Å²) >= 11 is 0. The number of aliphatic hydroxyl groups excluding tert-OH is 4. The zero-order valence-electron chi connectivity index (χ0n) is 38.0. The Balaban J connectivity index is 1.25. The minimum absolute atomic E-state index is 0.0403. The van der Waals surface area contributed by atoms with Crippen LogP contribution in [0.3, 0.4) is 0 Å². The van der Waals surface area contributed by atoms with Crippen LogP contribution in [-0.2, 0) is 65.8 Å². The maximum atomic E-state index is 14.1. The Morgan fingerprint density at radius 1 is 0.576 bits per heavy atom. The number of carbonyl (C=O) groups is 1. The number of alkyl carbamates (subject to hydrolysis) is 1. The van der Waals surface area contributed by atoms with Crippen LogP contribution < -0.4 is 5.32 Å². The molecule has 1 amide bonds. The first kappa shape index (κ1) is 55.5. The lowest BCUT2D eigenvalue weighted by Gasteiger charge is -2.43. The second-order valence-corrected chi connectivity index (χ2v) is 19.3. The highest BCUT2D eigenvalue weighted by molar-refractivity contribution is 7.48. The highest BCUT2D eigenvalue weighted by Crippen LogP contribution is 2.54. The van der Waals surface area contributed by atoms with Gasteiger partial charge in [0.25, 0.3) is 0 Å². The maximum Gasteiger partial charge on any atom is 0.475 e. The summed E-state index contributed by atoms with van der Waals surface area (Å²) in [6.07, 6.45) is -2.13. The molecule has 0 saturated heterocycles. The molecule has 0 aliphatic heterocycles. The van der Waals surface area contributed by atoms with E-state index in [0.29, 0.717) is 30.9 Å². The first-order valence-electron chi connectivity index (χ1n) is 23.1. The lowest BCUT2D eigenvalue weighted by Crippen LogP contribution is -2.64. The normalized spacial score (nSPS) is 21.2. The zero-order chi connectivity index (χ0) is 47.5. The third kappa shape index (κ3) is 21.5. The van der Waals surface area contributed by atoms with E-state index in [0.717, 1.165) is 82.6 Å². The van der Waals surface area contributed by atoms with Crippen molar-refractivity contribution in [1.29, 1.82) is 0 Å². The number of phosphoric acid groups is 2. The van der Waals surface area contributed by atoms with Crippen molar-refractivity contribution in [2.75, 3.05) is 33.0 Å². The molecule has 1 fully saturated rings. The Bertz CT molecular complexity index is 1790. The van der Waals surface area contributed by atoms with E-state index in [1.807, 2.05) is 30.3 Å². The molecule has 66 heavy (non-hydrogen) atoms. The fraction of sp³-hybridized carbons (Fsp3) is 0.596. The van der Waals surface area contributed by atoms with Crippen LogP contribution in [0, 0.1) is 0 Å². The van der Waals surface area contributed by atoms with Crippen LogP contribution >= 0.6 is 15.6 Å². The summed E-state index contributed by atoms with van der Waals surface area (Å²) < 4.78 is 71.9. The average molecular weight is 968 g/mol. The number of carbonyl (C=O) groups excluding carboxylic acids is 1. The first-order chi connectivity index (χ1) is 31.9. The molecule has 8 atom stereocenters. The summed E-state index contributed by atoms with van der Waals surface area (Å²) in [6.45, 7) is 2.71. The van der Waals surface area contributed by atoms with Crippen LogP contribution in [0.15, 0.2) is 91.0 Å². The second-order valence-electron chi connectivity index (χ2n) is 16.3. The minimum Gasteiger partial charge on any atom is -0.445 e. The molecule has 0 spiro atoms. The molecular weight excluding hydrogens is 896 g/mol. The Morgan fingerprint density at radius 3 is 1.62 bits per heavy atom. The lowest BCUT2D eigenvalue weighted by molar-refractivity contribution is -0.217. The Kier molecular flexibility index (Phi) is 26.2. The number of hydrogen-bond donors (Lipinski definition) is 6. The molecule has 19 heteroatoms. The van der Waals surface area contributed by atoms with E-state index in [-0.39, 0.29) is 26.4 Å². The van der Waals surface area contributed by atoms with Gasteiger partial charge in [-0.05, 0) is 36.0 Å². The van der Waals surface area contributed by atoms with Crippen LogP contribution in [0.25, 0.3) is 0 Å². The van der Waals surface area contributed by atoms with Gasteiger partial charge in [-0.25, -0.2) is 13.9 Å². The first-order valence-corrected chi connectivity index (χ1v) is 26.0. The summed E-state index contributed by atoms with van der Waals surface area (Å²) in [5.74, 6) is 0. The van der Waals surface area contributed by atoms with Crippen molar-refractivity contribution in [3.63, 3.8) is 0 Å². The summed E-state index contributed by atoms with van der Waals surface area (Å²) in [5, 5.41) is 46.7. The van der Waals surface area contributed by atoms with Crippen molar-refractivity contribution in [1.82, 2.24) is 5.32 Å². The van der Waals surface area contributed by atoms with Gasteiger partial charge in [0, 0.05) is 19.8 Å². The molecule has 17 nitrogen and oxygen atoms in total. The Labute approximate surface area is 389 Å². The predicted octanol–water partition coefficient (Wildman–Crippen LogP) is 7.90. The number of phosphoric ester groups is 2. The van der Waals surface area contributed by atoms with Gasteiger partial charge in [0.15, 0.2) is 0 Å². The molecule has 0 radical (unpaired) electrons. The number of unbranched alkanes of at least 4 members (excludes halogenated alkanes) is 10. The topological polar surface area (TPSA) is 238 Å². The second kappa shape index (κ2) is 31.1. The van der Waals surface area contributed by atoms with Gasteiger partial charge in [-0.2, -0.15) is 0 Å². The summed E-state index contributed by atoms with van der Waals surface area (Å²) in [6, 6.07) is 26.8. The fourth-order valence-electron chi connectivity index (χ4n) is 6.99. The van der Waals surface area contributed by atoms with Gasteiger partial charge in [-0.15, -0.1) is 0 Å². The maximum absolute atomic E-state index is 14.1. The average Bonchev–Trinajstić information content (AvgIpc) is 3.33. The molecule has 6 N–H and O–H groups in total. The van der Waals surface area contributed by atoms with Crippen molar-refractivity contribution in [2.24, 2.45) is 0 Å². The van der Waals surface area contributed by atoms with E-state index in [1.165, 1.54) is 0 Å². The lowest BCUT2D eigenvalue weighted by atomic mass is 9.85. The third-order valence-corrected chi connectivity index (χ3v) is 13.2. The number of aliphatic hydroxyl groups is 4. The standard InChI is InChI=1S/C47H71NO16P2/c1-2-3-4-5-10-22-31-58-40(35-57-30-21-9-7-6-8-20-29-48-47(53)59-32-37-23-14-11-15-24-37)36-60-65(54,55)63-45-42(50)41(49)43(51)46(44(45)52)64-66(56,61-33-38-25-16-12-17-26-38)62-34-39-27-18-13-19-28-39/h11-19,23-28,40-46,49-52H,2-10,20-22,29-36H2,1H3,(H,48,53)(H,54,55)/t40-,41-,42-,43+,44+,45+,46-/m1/s1. The van der Waals surface area contributed by atoms with Crippen molar-refractivity contribution in [3.8, 4) is 0 Å². The van der Waals surface area contributed by atoms with E-state index in [2.05, 4.69) is 12.2 Å². The summed E-state index contributed by atoms with van der Waals surface area (Å²) in [5.41, 5.74) is 2.12. The van der Waals surface area contributed by atoms with Crippen molar-refractivity contribution in [2.45, 2.75) is 147 Å². The predicted molar refractivity (Wildman–Crippen MR) is 246 cm³/mol. The van der Waals surface area contributed by atoms with Crippen LogP contribution in [0.4, 0.5) is 4.79 Å². The number of hydrogen-bond acceptors (Lipinski definition) is 15. The van der Waals surface area contributed by atoms with Gasteiger partial charge in [0.2, 0.25) is 0 Å². The highest BCUT2D eigenvalue weighted by Gasteiger charge is 2.55. The van der Waals surface area contributed by atoms with E-state index in [1.54, 1.807) is 60.7 Å². The van der Waals surface area contributed by atoms with Crippen molar-refractivity contribution >= 4 is 21.7 Å².